The molecule has 0 aliphatic carbocycles. The van der Waals surface area contributed by atoms with Gasteiger partial charge in [-0.2, -0.15) is 7.82 Å². The summed E-state index contributed by atoms with van der Waals surface area (Å²) in [7, 11) is -5.39. The van der Waals surface area contributed by atoms with Crippen LogP contribution in [0.25, 0.3) is 0 Å². The molecule has 0 aromatic rings. The predicted molar refractivity (Wildman–Crippen MR) is 15.6 cm³/mol. The Balaban J connectivity index is 0. The maximum atomic E-state index is 8.55. The Morgan fingerprint density at radius 3 is 1.29 bits per heavy atom. The van der Waals surface area contributed by atoms with Crippen molar-refractivity contribution in [3.63, 3.8) is 0 Å². The van der Waals surface area contributed by atoms with Crippen molar-refractivity contribution in [3.8, 4) is 0 Å². The van der Waals surface area contributed by atoms with Crippen LogP contribution in [0.2, 0.25) is 0 Å². The molecule has 7 heteroatoms. The van der Waals surface area contributed by atoms with Gasteiger partial charge < -0.3 is 19.2 Å². The van der Waals surface area contributed by atoms with E-state index >= 15 is 0 Å². The third kappa shape index (κ3) is 177. The average Bonchev–Trinajstić information content (AvgIpc) is 1.36. The topological polar surface area (TPSA) is 106 Å². The Labute approximate surface area is 56.6 Å². The molecule has 0 unspecified atom stereocenters. The average molecular weight is 319 g/mol. The van der Waals surface area contributed by atoms with E-state index in [1.165, 1.54) is 0 Å². The molecule has 0 radical (unpaired) electrons. The minimum atomic E-state index is -5.39. The van der Waals surface area contributed by atoms with E-state index in [0.29, 0.717) is 26.2 Å². The van der Waals surface area contributed by atoms with Gasteiger partial charge in [0.25, 0.3) is 0 Å². The molecule has 0 saturated carbocycles. The Kier molecular flexibility index (Phi) is 7.98. The first kappa shape index (κ1) is 10.9. The fourth-order valence-corrected chi connectivity index (χ4v) is 0. The second kappa shape index (κ2) is 5.14. The second-order valence-corrected chi connectivity index (χ2v) is 1.34. The third-order valence-corrected chi connectivity index (χ3v) is 0. The molecule has 0 aromatic carbocycles. The molecule has 0 saturated heterocycles. The van der Waals surface area contributed by atoms with E-state index in [1.807, 2.05) is 0 Å². The summed E-state index contributed by atoms with van der Waals surface area (Å²) in [5, 5.41) is 0. The standard InChI is InChI=1S/H3O4P.H2O.Pb/c1-5(2,3)4;;/h(H3,1,2,3,4);1H2;/q;;+4/p-4. The van der Waals surface area contributed by atoms with E-state index in [0.717, 1.165) is 0 Å². The zero-order valence-electron chi connectivity index (χ0n) is 3.03. The summed E-state index contributed by atoms with van der Waals surface area (Å²) in [6.07, 6.45) is 0. The van der Waals surface area contributed by atoms with Gasteiger partial charge in [0.2, 0.25) is 0 Å². The van der Waals surface area contributed by atoms with Crippen LogP contribution in [0.3, 0.4) is 0 Å². The Bertz CT molecular complexity index is 54.2. The van der Waals surface area contributed by atoms with Crippen LogP contribution in [0.1, 0.15) is 0 Å². The molecular weight excluding hydrogens is 318 g/mol. The van der Waals surface area contributed by atoms with Crippen molar-refractivity contribution < 1.29 is 22.3 Å². The molecule has 0 aliphatic heterocycles. The van der Waals surface area contributed by atoms with E-state index in [-0.39, 0.29) is 0 Å². The van der Waals surface area contributed by atoms with E-state index in [9.17, 15) is 0 Å². The van der Waals surface area contributed by atoms with Crippen molar-refractivity contribution >= 4 is 34.0 Å². The van der Waals surface area contributed by atoms with Gasteiger partial charge in [0.1, 0.15) is 0 Å². The summed E-state index contributed by atoms with van der Waals surface area (Å²) in [6, 6.07) is 0. The van der Waals surface area contributed by atoms with Crippen LogP contribution < -0.4 is 14.7 Å². The van der Waals surface area contributed by atoms with Crippen LogP contribution in [0.15, 0.2) is 0 Å². The molecular formula is HO5PPb. The van der Waals surface area contributed by atoms with Crippen LogP contribution in [-0.2, 0) is 4.57 Å². The Morgan fingerprint density at radius 2 is 1.29 bits per heavy atom. The van der Waals surface area contributed by atoms with Gasteiger partial charge in [-0.1, -0.05) is 0 Å². The fraction of sp³-hybridized carbons (Fsp3) is 0. The Morgan fingerprint density at radius 1 is 1.29 bits per heavy atom. The number of hydrogen-bond donors (Lipinski definition) is 1. The zero-order chi connectivity index (χ0) is 6.50. The van der Waals surface area contributed by atoms with Gasteiger partial charge in [0.15, 0.2) is 0 Å². The van der Waals surface area contributed by atoms with Crippen LogP contribution in [0.5, 0.6) is 0 Å². The third-order valence-electron chi connectivity index (χ3n) is 0. The molecule has 0 heterocycles. The van der Waals surface area contributed by atoms with Crippen molar-refractivity contribution in [2.24, 2.45) is 0 Å². The van der Waals surface area contributed by atoms with Gasteiger partial charge in [-0.25, -0.2) is 0 Å². The molecule has 7 heavy (non-hydrogen) atoms. The molecule has 0 bridgehead atoms. The van der Waals surface area contributed by atoms with Crippen LogP contribution in [0.4, 0.5) is 0 Å². The molecule has 0 spiro atoms. The van der Waals surface area contributed by atoms with Gasteiger partial charge in [-0.15, -0.1) is 0 Å². The van der Waals surface area contributed by atoms with Gasteiger partial charge in [-0.05, 0) is 0 Å². The van der Waals surface area contributed by atoms with Crippen molar-refractivity contribution in [3.05, 3.63) is 0 Å². The van der Waals surface area contributed by atoms with E-state index in [4.69, 9.17) is 22.3 Å². The molecule has 40 valence electrons. The molecule has 0 aliphatic rings. The number of phosphoric acid groups is 1. The van der Waals surface area contributed by atoms with Crippen LogP contribution >= 0.6 is 7.82 Å². The first-order valence-corrected chi connectivity index (χ1v) is 4.15. The number of hydrogen-bond acceptors (Lipinski definition) is 5. The SMILES string of the molecule is O=P([O-])([O-])[O-].[OH][Pb+3]. The summed E-state index contributed by atoms with van der Waals surface area (Å²) in [4.78, 5) is 25.6. The second-order valence-electron chi connectivity index (χ2n) is 0.447. The maximum absolute atomic E-state index is 8.55. The van der Waals surface area contributed by atoms with E-state index in [2.05, 4.69) is 0 Å². The van der Waals surface area contributed by atoms with Crippen LogP contribution in [-0.4, -0.2) is 29.3 Å². The summed E-state index contributed by atoms with van der Waals surface area (Å²) in [5.74, 6) is 0. The van der Waals surface area contributed by atoms with Gasteiger partial charge in [-0.3, -0.25) is 0 Å². The molecule has 0 atom stereocenters. The molecule has 1 N–H and O–H groups in total. The minimum absolute atomic E-state index is 0.306. The number of rotatable bonds is 0. The molecule has 5 nitrogen and oxygen atoms in total. The summed E-state index contributed by atoms with van der Waals surface area (Å²) >= 11 is 0.306. The summed E-state index contributed by atoms with van der Waals surface area (Å²) in [5.41, 5.74) is 0. The van der Waals surface area contributed by atoms with Crippen LogP contribution in [0, 0.1) is 0 Å². The van der Waals surface area contributed by atoms with Gasteiger partial charge in [0.05, 0.1) is 0 Å². The fourth-order valence-electron chi connectivity index (χ4n) is 0. The molecule has 0 fully saturated rings. The predicted octanol–water partition coefficient (Wildman–Crippen LogP) is -3.76. The first-order valence-electron chi connectivity index (χ1n) is 0.954. The van der Waals surface area contributed by atoms with E-state index < -0.39 is 7.82 Å². The van der Waals surface area contributed by atoms with Crippen molar-refractivity contribution in [2.75, 3.05) is 0 Å². The van der Waals surface area contributed by atoms with Crippen molar-refractivity contribution in [1.29, 1.82) is 0 Å². The molecule has 0 amide bonds. The quantitative estimate of drug-likeness (QED) is 0.364. The summed E-state index contributed by atoms with van der Waals surface area (Å²) in [6.45, 7) is 0. The first-order chi connectivity index (χ1) is 3.00. The Hall–Kier alpha value is 0.992. The van der Waals surface area contributed by atoms with Gasteiger partial charge in [0, 0.05) is 0 Å². The van der Waals surface area contributed by atoms with Crippen molar-refractivity contribution in [1.82, 2.24) is 0 Å². The monoisotopic (exact) mass is 320 g/mol. The van der Waals surface area contributed by atoms with E-state index in [1.54, 1.807) is 0 Å². The molecule has 0 rings (SSSR count). The van der Waals surface area contributed by atoms with Crippen molar-refractivity contribution in [2.45, 2.75) is 0 Å². The zero-order valence-corrected chi connectivity index (χ0v) is 7.81. The van der Waals surface area contributed by atoms with Gasteiger partial charge >= 0.3 is 29.3 Å². The normalized spacial score (nSPS) is 9.43. The molecule has 0 aromatic heterocycles. The summed E-state index contributed by atoms with van der Waals surface area (Å²) < 4.78 is 15.7.